The van der Waals surface area contributed by atoms with Gasteiger partial charge in [-0.3, -0.25) is 24.2 Å². The van der Waals surface area contributed by atoms with Gasteiger partial charge in [0.05, 0.1) is 24.0 Å². The summed E-state index contributed by atoms with van der Waals surface area (Å²) in [6.45, 7) is 1.89. The van der Waals surface area contributed by atoms with Crippen molar-refractivity contribution in [3.05, 3.63) is 137 Å². The molecule has 4 atom stereocenters. The topological polar surface area (TPSA) is 165 Å². The molecule has 2 fully saturated rings. The first kappa shape index (κ1) is 39.8. The Balaban J connectivity index is 0.872. The summed E-state index contributed by atoms with van der Waals surface area (Å²) in [5.41, 5.74) is 7.46. The van der Waals surface area contributed by atoms with Crippen LogP contribution in [0.5, 0.6) is 0 Å². The number of hydrogen-bond acceptors (Lipinski definition) is 8. The molecule has 9 rings (SSSR count). The number of imidazole rings is 1. The molecule has 3 aliphatic rings. The monoisotopic (exact) mass is 834 g/mol. The van der Waals surface area contributed by atoms with E-state index in [0.717, 1.165) is 75.3 Å². The highest BCUT2D eigenvalue weighted by Gasteiger charge is 2.39. The van der Waals surface area contributed by atoms with E-state index in [9.17, 15) is 24.3 Å². The maximum Gasteiger partial charge on any atom is 0.250 e. The Bertz CT molecular complexity index is 2650. The maximum atomic E-state index is 14.0. The molecule has 13 nitrogen and oxygen atoms in total. The minimum Gasteiger partial charge on any atom is -0.387 e. The third kappa shape index (κ3) is 7.91. The average molecular weight is 835 g/mol. The zero-order chi connectivity index (χ0) is 42.0. The fourth-order valence-electron chi connectivity index (χ4n) is 8.94. The molecule has 0 saturated carbocycles. The summed E-state index contributed by atoms with van der Waals surface area (Å²) in [5.74, 6) is -0.526. The average Bonchev–Trinajstić information content (AvgIpc) is 4.14. The van der Waals surface area contributed by atoms with Crippen molar-refractivity contribution in [2.45, 2.75) is 63.2 Å². The Kier molecular flexibility index (Phi) is 11.2. The number of carbonyl (C=O) groups is 4. The second-order valence-electron chi connectivity index (χ2n) is 15.7. The summed E-state index contributed by atoms with van der Waals surface area (Å²) >= 11 is 1.68. The molecule has 2 saturated heterocycles. The van der Waals surface area contributed by atoms with Gasteiger partial charge in [0.15, 0.2) is 0 Å². The molecule has 3 aliphatic heterocycles. The highest BCUT2D eigenvalue weighted by molar-refractivity contribution is 7.17. The molecule has 310 valence electrons. The van der Waals surface area contributed by atoms with Crippen LogP contribution >= 0.6 is 11.3 Å². The molecule has 0 bridgehead atoms. The van der Waals surface area contributed by atoms with E-state index in [1.165, 1.54) is 6.92 Å². The van der Waals surface area contributed by atoms with E-state index in [1.54, 1.807) is 34.6 Å². The van der Waals surface area contributed by atoms with Crippen LogP contribution in [0.25, 0.3) is 32.7 Å². The number of aliphatic imine (C=N–C) groups is 1. The van der Waals surface area contributed by atoms with E-state index in [0.29, 0.717) is 30.9 Å². The van der Waals surface area contributed by atoms with Crippen molar-refractivity contribution in [2.24, 2.45) is 4.99 Å². The van der Waals surface area contributed by atoms with E-state index in [1.807, 2.05) is 59.6 Å². The minimum atomic E-state index is -0.916. The second-order valence-corrected chi connectivity index (χ2v) is 16.6. The number of aromatic amines is 1. The summed E-state index contributed by atoms with van der Waals surface area (Å²) in [6, 6.07) is 26.8. The quantitative estimate of drug-likeness (QED) is 0.108. The van der Waals surface area contributed by atoms with Gasteiger partial charge in [-0.05, 0) is 71.7 Å². The van der Waals surface area contributed by atoms with Crippen molar-refractivity contribution < 1.29 is 24.3 Å². The summed E-state index contributed by atoms with van der Waals surface area (Å²) in [7, 11) is 0. The molecule has 4 N–H and O–H groups in total. The Morgan fingerprint density at radius 1 is 0.836 bits per heavy atom. The van der Waals surface area contributed by atoms with Crippen LogP contribution < -0.4 is 10.6 Å². The zero-order valence-electron chi connectivity index (χ0n) is 33.7. The Hall–Kier alpha value is -6.64. The van der Waals surface area contributed by atoms with E-state index < -0.39 is 24.6 Å². The zero-order valence-corrected chi connectivity index (χ0v) is 34.5. The molecule has 3 aromatic carbocycles. The Morgan fingerprint density at radius 2 is 1.48 bits per heavy atom. The molecule has 0 aliphatic carbocycles. The van der Waals surface area contributed by atoms with E-state index in [4.69, 9.17) is 9.98 Å². The van der Waals surface area contributed by atoms with Crippen LogP contribution in [0, 0.1) is 0 Å². The fraction of sp³-hybridized carbons (Fsp3) is 0.277. The number of aliphatic hydroxyl groups is 1. The molecule has 14 heteroatoms. The van der Waals surface area contributed by atoms with Crippen LogP contribution in [0.3, 0.4) is 0 Å². The first-order chi connectivity index (χ1) is 29.8. The largest absolute Gasteiger partial charge is 0.387 e. The van der Waals surface area contributed by atoms with Crippen molar-refractivity contribution in [1.29, 1.82) is 0 Å². The normalized spacial score (nSPS) is 18.5. The van der Waals surface area contributed by atoms with Crippen molar-refractivity contribution in [2.75, 3.05) is 19.7 Å². The van der Waals surface area contributed by atoms with E-state index in [2.05, 4.69) is 62.1 Å². The van der Waals surface area contributed by atoms with Crippen molar-refractivity contribution >= 4 is 56.5 Å². The van der Waals surface area contributed by atoms with Gasteiger partial charge in [0.25, 0.3) is 0 Å². The molecule has 6 heterocycles. The number of amides is 4. The van der Waals surface area contributed by atoms with E-state index in [-0.39, 0.29) is 29.8 Å². The number of benzene rings is 3. The number of H-pyrrole nitrogens is 1. The van der Waals surface area contributed by atoms with Crippen LogP contribution in [0.15, 0.2) is 120 Å². The van der Waals surface area contributed by atoms with Crippen LogP contribution in [-0.4, -0.2) is 84.5 Å². The first-order valence-corrected chi connectivity index (χ1v) is 21.5. The van der Waals surface area contributed by atoms with Gasteiger partial charge < -0.3 is 35.1 Å². The van der Waals surface area contributed by atoms with Crippen molar-refractivity contribution in [1.82, 2.24) is 35.0 Å². The predicted octanol–water partition coefficient (Wildman–Crippen LogP) is 6.65. The molecule has 6 aromatic rings. The van der Waals surface area contributed by atoms with Crippen LogP contribution in [0.1, 0.15) is 79.7 Å². The first-order valence-electron chi connectivity index (χ1n) is 20.7. The molecule has 0 spiro atoms. The van der Waals surface area contributed by atoms with Crippen LogP contribution in [0.2, 0.25) is 0 Å². The van der Waals surface area contributed by atoms with Gasteiger partial charge >= 0.3 is 0 Å². The van der Waals surface area contributed by atoms with Crippen LogP contribution in [-0.2, 0) is 19.2 Å². The van der Waals surface area contributed by atoms with Crippen LogP contribution in [0.4, 0.5) is 0 Å². The van der Waals surface area contributed by atoms with Gasteiger partial charge in [0.1, 0.15) is 29.3 Å². The van der Waals surface area contributed by atoms with Crippen molar-refractivity contribution in [3.8, 4) is 16.9 Å². The number of nitrogens with zero attached hydrogens (tertiary/aromatic N) is 5. The number of fused-ring (bicyclic) bond motifs is 1. The number of aliphatic hydroxyl groups excluding tert-OH is 1. The third-order valence-corrected chi connectivity index (χ3v) is 12.9. The highest BCUT2D eigenvalue weighted by atomic mass is 32.1. The highest BCUT2D eigenvalue weighted by Crippen LogP contribution is 2.39. The number of rotatable bonds is 12. The SMILES string of the molecule is CC(=O)N[C@@H](C(=O)N1CCCC1C1=NC=C(c2csc3c2ccn3-c2ccc(-c3cnc(C4CCCN4C(=O)[C@H](NC(=O)CO)c4ccccc4)[nH]3)cc2)C1)c1ccccc1. The lowest BCUT2D eigenvalue weighted by Gasteiger charge is -2.29. The van der Waals surface area contributed by atoms with Gasteiger partial charge in [-0.25, -0.2) is 4.98 Å². The number of nitrogens with one attached hydrogen (secondary N) is 3. The Morgan fingerprint density at radius 3 is 2.13 bits per heavy atom. The van der Waals surface area contributed by atoms with Gasteiger partial charge in [-0.2, -0.15) is 0 Å². The molecule has 61 heavy (non-hydrogen) atoms. The number of carbonyl (C=O) groups excluding carboxylic acids is 4. The number of aromatic nitrogens is 3. The predicted molar refractivity (Wildman–Crippen MR) is 235 cm³/mol. The fourth-order valence-corrected chi connectivity index (χ4v) is 10.0. The van der Waals surface area contributed by atoms with Gasteiger partial charge in [-0.1, -0.05) is 72.8 Å². The third-order valence-electron chi connectivity index (χ3n) is 11.9. The molecular formula is C47H46N8O5S. The molecule has 2 unspecified atom stereocenters. The number of hydrogen-bond donors (Lipinski definition) is 4. The van der Waals surface area contributed by atoms with Crippen molar-refractivity contribution in [3.63, 3.8) is 0 Å². The smallest absolute Gasteiger partial charge is 0.250 e. The molecule has 0 radical (unpaired) electrons. The number of allylic oxidation sites excluding steroid dienone is 1. The lowest BCUT2D eigenvalue weighted by molar-refractivity contribution is -0.138. The summed E-state index contributed by atoms with van der Waals surface area (Å²) < 4.78 is 2.19. The lowest BCUT2D eigenvalue weighted by atomic mass is 9.98. The summed E-state index contributed by atoms with van der Waals surface area (Å²) in [6.07, 6.45) is 9.73. The number of likely N-dealkylation sites (tertiary alicyclic amines) is 2. The molecule has 3 aromatic heterocycles. The maximum absolute atomic E-state index is 14.0. The van der Waals surface area contributed by atoms with Gasteiger partial charge in [-0.15, -0.1) is 11.3 Å². The van der Waals surface area contributed by atoms with E-state index >= 15 is 0 Å². The Labute approximate surface area is 356 Å². The number of thiophene rings is 1. The summed E-state index contributed by atoms with van der Waals surface area (Å²) in [4.78, 5) is 70.1. The second kappa shape index (κ2) is 17.1. The molecule has 4 amide bonds. The van der Waals surface area contributed by atoms with Gasteiger partial charge in [0.2, 0.25) is 23.6 Å². The molecular weight excluding hydrogens is 789 g/mol. The van der Waals surface area contributed by atoms with Gasteiger partial charge in [0, 0.05) is 61.0 Å². The lowest BCUT2D eigenvalue weighted by Crippen LogP contribution is -2.46. The minimum absolute atomic E-state index is 0.109. The summed E-state index contributed by atoms with van der Waals surface area (Å²) in [5, 5.41) is 18.3. The standard InChI is InChI=1S/C47H46N8O5S/c1-29(57)50-42(31-10-4-2-5-11-31)45(59)54-21-8-14-39(54)37-24-33(25-48-37)36-28-61-47-35(36)20-23-53(47)34-18-16-30(17-19-34)38-26-49-44(51-38)40-15-9-22-55(40)46(60)43(52-41(58)27-56)32-12-6-3-7-13-32/h2-7,10-13,16-20,23,25-26,28,39-40,42-43,56H,8-9,14-15,21-22,24,27H2,1H3,(H,49,51)(H,50,57)(H,52,58)/t39?,40?,42-,43-/m1/s1.